The highest BCUT2D eigenvalue weighted by Gasteiger charge is 2.17. The number of nitrogens with zero attached hydrogens (tertiary/aromatic N) is 1. The highest BCUT2D eigenvalue weighted by molar-refractivity contribution is 7.26. The summed E-state index contributed by atoms with van der Waals surface area (Å²) in [4.78, 5) is 2.35. The van der Waals surface area contributed by atoms with Crippen LogP contribution < -0.4 is 4.90 Å². The summed E-state index contributed by atoms with van der Waals surface area (Å²) in [5.41, 5.74) is 15.6. The monoisotopic (exact) mass is 781 g/mol. The Morgan fingerprint density at radius 1 is 0.250 bits per heavy atom. The molecule has 0 unspecified atom stereocenters. The first-order valence-electron chi connectivity index (χ1n) is 20.5. The van der Waals surface area contributed by atoms with Crippen molar-refractivity contribution in [3.63, 3.8) is 0 Å². The number of anilines is 3. The van der Waals surface area contributed by atoms with Crippen molar-refractivity contribution in [2.45, 2.75) is 0 Å². The van der Waals surface area contributed by atoms with Gasteiger partial charge in [-0.2, -0.15) is 0 Å². The maximum Gasteiger partial charge on any atom is 0.0462 e. The number of rotatable bonds is 8. The summed E-state index contributed by atoms with van der Waals surface area (Å²) < 4.78 is 2.65. The highest BCUT2D eigenvalue weighted by atomic mass is 32.1. The van der Waals surface area contributed by atoms with Crippen LogP contribution in [-0.4, -0.2) is 0 Å². The molecule has 282 valence electrons. The van der Waals surface area contributed by atoms with Gasteiger partial charge in [-0.15, -0.1) is 11.3 Å². The van der Waals surface area contributed by atoms with Crippen molar-refractivity contribution >= 4 is 59.3 Å². The van der Waals surface area contributed by atoms with Crippen LogP contribution in [0.2, 0.25) is 0 Å². The van der Waals surface area contributed by atoms with Gasteiger partial charge in [-0.3, -0.25) is 0 Å². The molecule has 1 aromatic heterocycles. The molecule has 11 rings (SSSR count). The first-order chi connectivity index (χ1) is 29.7. The molecule has 1 nitrogen and oxygen atoms in total. The fourth-order valence-corrected chi connectivity index (χ4v) is 10.1. The Hall–Kier alpha value is -7.52. The molecule has 0 radical (unpaired) electrons. The molecule has 0 fully saturated rings. The minimum absolute atomic E-state index is 1.10. The zero-order chi connectivity index (χ0) is 39.8. The van der Waals surface area contributed by atoms with Crippen molar-refractivity contribution in [1.82, 2.24) is 0 Å². The van der Waals surface area contributed by atoms with Crippen molar-refractivity contribution in [3.05, 3.63) is 237 Å². The molecule has 0 aliphatic heterocycles. The van der Waals surface area contributed by atoms with E-state index in [9.17, 15) is 0 Å². The summed E-state index contributed by atoms with van der Waals surface area (Å²) in [6.07, 6.45) is 0. The predicted octanol–water partition coefficient (Wildman–Crippen LogP) is 17.0. The maximum absolute atomic E-state index is 2.35. The van der Waals surface area contributed by atoms with Gasteiger partial charge in [0.25, 0.3) is 0 Å². The molecule has 60 heavy (non-hydrogen) atoms. The second-order valence-corrected chi connectivity index (χ2v) is 16.3. The van der Waals surface area contributed by atoms with Gasteiger partial charge < -0.3 is 4.90 Å². The van der Waals surface area contributed by atoms with Gasteiger partial charge in [0.1, 0.15) is 0 Å². The fourth-order valence-electron chi connectivity index (χ4n) is 8.70. The molecule has 0 saturated heterocycles. The Morgan fingerprint density at radius 2 is 0.633 bits per heavy atom. The first kappa shape index (κ1) is 35.6. The number of benzene rings is 10. The molecule has 0 aliphatic rings. The van der Waals surface area contributed by atoms with E-state index in [2.05, 4.69) is 241 Å². The van der Waals surface area contributed by atoms with Gasteiger partial charge in [-0.05, 0) is 103 Å². The van der Waals surface area contributed by atoms with Crippen molar-refractivity contribution in [2.24, 2.45) is 0 Å². The van der Waals surface area contributed by atoms with Crippen LogP contribution in [0.3, 0.4) is 0 Å². The minimum Gasteiger partial charge on any atom is -0.311 e. The second-order valence-electron chi connectivity index (χ2n) is 15.3. The molecule has 2 heteroatoms. The van der Waals surface area contributed by atoms with E-state index in [0.717, 1.165) is 17.1 Å². The number of hydrogen-bond donors (Lipinski definition) is 0. The highest BCUT2D eigenvalue weighted by Crippen LogP contribution is 2.45. The van der Waals surface area contributed by atoms with Crippen molar-refractivity contribution in [2.75, 3.05) is 4.90 Å². The van der Waals surface area contributed by atoms with Crippen molar-refractivity contribution in [1.29, 1.82) is 0 Å². The van der Waals surface area contributed by atoms with Gasteiger partial charge in [0, 0.05) is 42.8 Å². The summed E-state index contributed by atoms with van der Waals surface area (Å²) in [5, 5.41) is 5.16. The van der Waals surface area contributed by atoms with Crippen LogP contribution in [0.15, 0.2) is 237 Å². The minimum atomic E-state index is 1.10. The van der Waals surface area contributed by atoms with Gasteiger partial charge in [-0.1, -0.05) is 194 Å². The smallest absolute Gasteiger partial charge is 0.0462 e. The van der Waals surface area contributed by atoms with Gasteiger partial charge in [-0.25, -0.2) is 0 Å². The zero-order valence-electron chi connectivity index (χ0n) is 32.9. The van der Waals surface area contributed by atoms with Crippen LogP contribution in [0.4, 0.5) is 17.1 Å². The van der Waals surface area contributed by atoms with Gasteiger partial charge in [0.2, 0.25) is 0 Å². The molecule has 1 heterocycles. The van der Waals surface area contributed by atoms with Crippen LogP contribution in [-0.2, 0) is 0 Å². The quantitative estimate of drug-likeness (QED) is 0.148. The van der Waals surface area contributed by atoms with Gasteiger partial charge in [0.05, 0.1) is 0 Å². The van der Waals surface area contributed by atoms with E-state index in [1.807, 2.05) is 11.3 Å². The third-order valence-corrected chi connectivity index (χ3v) is 13.0. The lowest BCUT2D eigenvalue weighted by Crippen LogP contribution is -2.09. The van der Waals surface area contributed by atoms with E-state index in [4.69, 9.17) is 0 Å². The number of fused-ring (bicyclic) bond motifs is 4. The Labute approximate surface area is 354 Å². The average molecular weight is 782 g/mol. The lowest BCUT2D eigenvalue weighted by atomic mass is 9.96. The zero-order valence-corrected chi connectivity index (χ0v) is 33.7. The summed E-state index contributed by atoms with van der Waals surface area (Å²) in [7, 11) is 0. The molecule has 0 N–H and O–H groups in total. The Balaban J connectivity index is 0.951. The van der Waals surface area contributed by atoms with Crippen LogP contribution >= 0.6 is 11.3 Å². The van der Waals surface area contributed by atoms with Crippen LogP contribution in [0.25, 0.3) is 86.6 Å². The Bertz CT molecular complexity index is 3190. The van der Waals surface area contributed by atoms with E-state index < -0.39 is 0 Å². The van der Waals surface area contributed by atoms with E-state index >= 15 is 0 Å². The maximum atomic E-state index is 2.35. The number of hydrogen-bond acceptors (Lipinski definition) is 2. The Kier molecular flexibility index (Phi) is 9.11. The summed E-state index contributed by atoms with van der Waals surface area (Å²) in [6, 6.07) is 85.9. The van der Waals surface area contributed by atoms with E-state index in [1.165, 1.54) is 86.6 Å². The van der Waals surface area contributed by atoms with Crippen molar-refractivity contribution in [3.8, 4) is 55.6 Å². The lowest BCUT2D eigenvalue weighted by molar-refractivity contribution is 1.28. The molecular weight excluding hydrogens is 743 g/mol. The standard InChI is InChI=1S/C58H39NS/c1-3-13-40(14-4-1)42-27-33-48(34-28-42)59(49-35-29-43(30-36-49)41-15-5-2-6-16-41)50-37-31-44(32-38-50)46-19-9-20-47(39-46)52-22-11-25-55-56-26-12-24-54(58(56)60-57(52)55)53-23-10-18-45-17-7-8-21-51(45)53/h1-39H. The van der Waals surface area contributed by atoms with E-state index in [-0.39, 0.29) is 0 Å². The predicted molar refractivity (Wildman–Crippen MR) is 259 cm³/mol. The van der Waals surface area contributed by atoms with Crippen LogP contribution in [0.5, 0.6) is 0 Å². The largest absolute Gasteiger partial charge is 0.311 e. The average Bonchev–Trinajstić information content (AvgIpc) is 3.72. The summed E-state index contributed by atoms with van der Waals surface area (Å²) in [5.74, 6) is 0. The van der Waals surface area contributed by atoms with Crippen LogP contribution in [0, 0.1) is 0 Å². The van der Waals surface area contributed by atoms with E-state index in [1.54, 1.807) is 0 Å². The van der Waals surface area contributed by atoms with E-state index in [0.29, 0.717) is 0 Å². The molecule has 0 spiro atoms. The molecule has 11 aromatic rings. The first-order valence-corrected chi connectivity index (χ1v) is 21.3. The third kappa shape index (κ3) is 6.54. The van der Waals surface area contributed by atoms with Crippen LogP contribution in [0.1, 0.15) is 0 Å². The lowest BCUT2D eigenvalue weighted by Gasteiger charge is -2.26. The SMILES string of the molecule is c1ccc(-c2ccc(N(c3ccc(-c4ccccc4)cc3)c3ccc(-c4cccc(-c5cccc6c5sc5c(-c7cccc8ccccc78)cccc56)c4)cc3)cc2)cc1. The van der Waals surface area contributed by atoms with Gasteiger partial charge in [0.15, 0.2) is 0 Å². The summed E-state index contributed by atoms with van der Waals surface area (Å²) in [6.45, 7) is 0. The summed E-state index contributed by atoms with van der Waals surface area (Å²) >= 11 is 1.91. The molecule has 0 bridgehead atoms. The third-order valence-electron chi connectivity index (χ3n) is 11.7. The Morgan fingerprint density at radius 3 is 1.23 bits per heavy atom. The topological polar surface area (TPSA) is 3.24 Å². The molecular formula is C58H39NS. The normalized spacial score (nSPS) is 11.3. The molecule has 0 amide bonds. The molecule has 10 aromatic carbocycles. The number of thiophene rings is 1. The molecule has 0 atom stereocenters. The van der Waals surface area contributed by atoms with Crippen molar-refractivity contribution < 1.29 is 0 Å². The molecule has 0 aliphatic carbocycles. The van der Waals surface area contributed by atoms with Gasteiger partial charge >= 0.3 is 0 Å². The molecule has 0 saturated carbocycles. The fraction of sp³-hybridized carbons (Fsp3) is 0. The second kappa shape index (κ2) is 15.3.